The van der Waals surface area contributed by atoms with Gasteiger partial charge in [0.05, 0.1) is 31.6 Å². The number of hydrogen-bond donors (Lipinski definition) is 1. The van der Waals surface area contributed by atoms with Crippen LogP contribution in [0, 0.1) is 0 Å². The third-order valence-corrected chi connectivity index (χ3v) is 5.25. The molecule has 30 heavy (non-hydrogen) atoms. The summed E-state index contributed by atoms with van der Waals surface area (Å²) < 4.78 is 15.8. The molecule has 0 radical (unpaired) electrons. The smallest absolute Gasteiger partial charge is 0.226 e. The number of carbonyl (C=O) groups is 1. The van der Waals surface area contributed by atoms with Gasteiger partial charge >= 0.3 is 0 Å². The van der Waals surface area contributed by atoms with Crippen molar-refractivity contribution in [2.45, 2.75) is 45.3 Å². The van der Waals surface area contributed by atoms with Crippen LogP contribution >= 0.6 is 11.6 Å². The van der Waals surface area contributed by atoms with Crippen LogP contribution in [-0.2, 0) is 20.7 Å². The Kier molecular flexibility index (Phi) is 11.7. The summed E-state index contributed by atoms with van der Waals surface area (Å²) in [6, 6.07) is 3.79. The Hall–Kier alpha value is -1.86. The van der Waals surface area contributed by atoms with Gasteiger partial charge in [-0.3, -0.25) is 4.79 Å². The lowest BCUT2D eigenvalue weighted by Crippen LogP contribution is -2.27. The number of carbonyl (C=O) groups excluding carboxylic acids is 1. The molecule has 6 nitrogen and oxygen atoms in total. The van der Waals surface area contributed by atoms with E-state index in [4.69, 9.17) is 30.9 Å². The second-order valence-corrected chi connectivity index (χ2v) is 7.58. The van der Waals surface area contributed by atoms with Gasteiger partial charge in [-0.25, -0.2) is 0 Å². The lowest BCUT2D eigenvalue weighted by atomic mass is 10.0. The first-order valence-electron chi connectivity index (χ1n) is 9.90. The van der Waals surface area contributed by atoms with E-state index in [9.17, 15) is 4.79 Å². The summed E-state index contributed by atoms with van der Waals surface area (Å²) in [5.41, 5.74) is 2.69. The topological polar surface area (TPSA) is 68.2 Å². The highest BCUT2D eigenvalue weighted by atomic mass is 35.5. The molecule has 0 aromatic heterocycles. The van der Waals surface area contributed by atoms with Crippen LogP contribution in [0.4, 0.5) is 5.69 Å². The van der Waals surface area contributed by atoms with Gasteiger partial charge in [-0.1, -0.05) is 35.4 Å². The summed E-state index contributed by atoms with van der Waals surface area (Å²) >= 11 is 6.49. The molecular formula is C23H34ClNO5. The number of hydrogen-bond acceptors (Lipinski definition) is 5. The second-order valence-electron chi connectivity index (χ2n) is 7.20. The highest BCUT2D eigenvalue weighted by molar-refractivity contribution is 6.35. The summed E-state index contributed by atoms with van der Waals surface area (Å²) in [6.07, 6.45) is 6.97. The van der Waals surface area contributed by atoms with Crippen LogP contribution in [0.2, 0.25) is 5.02 Å². The largest absolute Gasteiger partial charge is 0.495 e. The van der Waals surface area contributed by atoms with Crippen LogP contribution in [0.25, 0.3) is 0 Å². The van der Waals surface area contributed by atoms with E-state index in [-0.39, 0.29) is 24.7 Å². The fourth-order valence-electron chi connectivity index (χ4n) is 2.82. The number of methoxy groups -OCH3 is 3. The van der Waals surface area contributed by atoms with E-state index in [1.54, 1.807) is 39.4 Å². The number of aliphatic hydroxyl groups excluding tert-OH is 1. The Morgan fingerprint density at radius 2 is 1.97 bits per heavy atom. The molecule has 1 N–H and O–H groups in total. The van der Waals surface area contributed by atoms with Gasteiger partial charge in [0, 0.05) is 27.7 Å². The van der Waals surface area contributed by atoms with Crippen LogP contribution in [0.1, 0.15) is 32.3 Å². The van der Waals surface area contributed by atoms with Gasteiger partial charge in [0.15, 0.2) is 0 Å². The minimum Gasteiger partial charge on any atom is -0.495 e. The van der Waals surface area contributed by atoms with E-state index in [2.05, 4.69) is 0 Å². The van der Waals surface area contributed by atoms with Crippen molar-refractivity contribution in [2.24, 2.45) is 0 Å². The minimum absolute atomic E-state index is 0.0167. The molecule has 0 aliphatic heterocycles. The maximum absolute atomic E-state index is 12.6. The summed E-state index contributed by atoms with van der Waals surface area (Å²) in [7, 11) is 6.46. The van der Waals surface area contributed by atoms with E-state index in [1.807, 2.05) is 38.1 Å². The molecule has 7 heteroatoms. The molecule has 0 heterocycles. The summed E-state index contributed by atoms with van der Waals surface area (Å²) in [6.45, 7) is 3.87. The van der Waals surface area contributed by atoms with E-state index in [1.165, 1.54) is 0 Å². The molecule has 0 fully saturated rings. The van der Waals surface area contributed by atoms with E-state index in [0.717, 1.165) is 11.1 Å². The number of amides is 1. The van der Waals surface area contributed by atoms with Crippen LogP contribution in [0.5, 0.6) is 5.75 Å². The summed E-state index contributed by atoms with van der Waals surface area (Å²) in [4.78, 5) is 14.2. The van der Waals surface area contributed by atoms with E-state index < -0.39 is 0 Å². The van der Waals surface area contributed by atoms with Gasteiger partial charge in [0.2, 0.25) is 5.91 Å². The SMILES string of the molecule is COc1cc(C/C(C)=C/C=C/[C@H](CO)OC)cc(N(C)C(=O)CC[C@H](C)OC)c1Cl. The number of benzene rings is 1. The van der Waals surface area contributed by atoms with Crippen LogP contribution in [0.3, 0.4) is 0 Å². The predicted molar refractivity (Wildman–Crippen MR) is 122 cm³/mol. The molecule has 168 valence electrons. The van der Waals surface area contributed by atoms with Crippen molar-refractivity contribution >= 4 is 23.2 Å². The number of allylic oxidation sites excluding steroid dienone is 3. The number of nitrogens with zero attached hydrogens (tertiary/aromatic N) is 1. The quantitative estimate of drug-likeness (QED) is 0.495. The number of aliphatic hydroxyl groups is 1. The normalized spacial score (nSPS) is 14.1. The van der Waals surface area contributed by atoms with Crippen LogP contribution in [-0.4, -0.2) is 58.2 Å². The Labute approximate surface area is 185 Å². The van der Waals surface area contributed by atoms with Crippen molar-refractivity contribution in [3.05, 3.63) is 46.5 Å². The average molecular weight is 440 g/mol. The lowest BCUT2D eigenvalue weighted by Gasteiger charge is -2.22. The molecular weight excluding hydrogens is 406 g/mol. The fourth-order valence-corrected chi connectivity index (χ4v) is 3.13. The number of anilines is 1. The Morgan fingerprint density at radius 3 is 2.53 bits per heavy atom. The first-order valence-corrected chi connectivity index (χ1v) is 10.3. The van der Waals surface area contributed by atoms with Gasteiger partial charge in [-0.15, -0.1) is 0 Å². The molecule has 0 bridgehead atoms. The maximum atomic E-state index is 12.6. The van der Waals surface area contributed by atoms with Crippen LogP contribution < -0.4 is 9.64 Å². The van der Waals surface area contributed by atoms with Gasteiger partial charge < -0.3 is 24.2 Å². The lowest BCUT2D eigenvalue weighted by molar-refractivity contribution is -0.118. The highest BCUT2D eigenvalue weighted by Crippen LogP contribution is 2.36. The maximum Gasteiger partial charge on any atom is 0.226 e. The Bertz CT molecular complexity index is 743. The van der Waals surface area contributed by atoms with Crippen molar-refractivity contribution in [1.29, 1.82) is 0 Å². The van der Waals surface area contributed by atoms with Crippen molar-refractivity contribution < 1.29 is 24.1 Å². The number of ether oxygens (including phenoxy) is 3. The van der Waals surface area contributed by atoms with Crippen molar-refractivity contribution in [3.63, 3.8) is 0 Å². The standard InChI is InChI=1S/C23H34ClNO5/c1-16(8-7-9-19(15-26)29-5)12-18-13-20(23(24)21(14-18)30-6)25(3)22(27)11-10-17(2)28-4/h7-9,13-14,17,19,26H,10-12,15H2,1-6H3/b9-7+,16-8+/t17-,19+/m0/s1. The summed E-state index contributed by atoms with van der Waals surface area (Å²) in [5, 5.41) is 9.56. The third-order valence-electron chi connectivity index (χ3n) is 4.87. The summed E-state index contributed by atoms with van der Waals surface area (Å²) in [5.74, 6) is 0.488. The van der Waals surface area contributed by atoms with Gasteiger partial charge in [-0.2, -0.15) is 0 Å². The van der Waals surface area contributed by atoms with Crippen molar-refractivity contribution in [3.8, 4) is 5.75 Å². The molecule has 0 spiro atoms. The molecule has 1 amide bonds. The Morgan fingerprint density at radius 1 is 1.27 bits per heavy atom. The van der Waals surface area contributed by atoms with E-state index in [0.29, 0.717) is 35.7 Å². The van der Waals surface area contributed by atoms with Gasteiger partial charge in [0.1, 0.15) is 10.8 Å². The molecule has 0 unspecified atom stereocenters. The average Bonchev–Trinajstić information content (AvgIpc) is 2.75. The van der Waals surface area contributed by atoms with Gasteiger partial charge in [-0.05, 0) is 44.4 Å². The minimum atomic E-state index is -0.322. The molecule has 1 aromatic rings. The number of rotatable bonds is 12. The monoisotopic (exact) mass is 439 g/mol. The second kappa shape index (κ2) is 13.4. The highest BCUT2D eigenvalue weighted by Gasteiger charge is 2.19. The molecule has 2 atom stereocenters. The first-order chi connectivity index (χ1) is 14.3. The molecule has 0 saturated heterocycles. The first kappa shape index (κ1) is 26.2. The third kappa shape index (κ3) is 8.11. The fraction of sp³-hybridized carbons (Fsp3) is 0.522. The van der Waals surface area contributed by atoms with Crippen LogP contribution in [0.15, 0.2) is 35.9 Å². The molecule has 1 aromatic carbocycles. The molecule has 0 aliphatic carbocycles. The molecule has 1 rings (SSSR count). The van der Waals surface area contributed by atoms with Crippen molar-refractivity contribution in [1.82, 2.24) is 0 Å². The Balaban J connectivity index is 3.03. The predicted octanol–water partition coefficient (Wildman–Crippen LogP) is 4.18. The number of halogens is 1. The zero-order valence-corrected chi connectivity index (χ0v) is 19.5. The zero-order valence-electron chi connectivity index (χ0n) is 18.8. The van der Waals surface area contributed by atoms with E-state index >= 15 is 0 Å². The van der Waals surface area contributed by atoms with Gasteiger partial charge in [0.25, 0.3) is 0 Å². The zero-order chi connectivity index (χ0) is 22.7. The van der Waals surface area contributed by atoms with Crippen molar-refractivity contribution in [2.75, 3.05) is 39.9 Å². The molecule has 0 aliphatic rings. The molecule has 0 saturated carbocycles.